The van der Waals surface area contributed by atoms with Gasteiger partial charge in [-0.1, -0.05) is 12.1 Å². The van der Waals surface area contributed by atoms with E-state index in [0.717, 1.165) is 36.7 Å². The molecule has 0 amide bonds. The van der Waals surface area contributed by atoms with Gasteiger partial charge in [-0.3, -0.25) is 0 Å². The number of ether oxygens (including phenoxy) is 1. The highest BCUT2D eigenvalue weighted by molar-refractivity contribution is 5.57. The molecule has 3 nitrogen and oxygen atoms in total. The van der Waals surface area contributed by atoms with Crippen molar-refractivity contribution in [3.05, 3.63) is 24.3 Å². The molecule has 0 aromatic heterocycles. The average Bonchev–Trinajstić information content (AvgIpc) is 2.27. The molecule has 0 atom stereocenters. The molecule has 1 aromatic rings. The maximum atomic E-state index is 5.80. The van der Waals surface area contributed by atoms with Crippen molar-refractivity contribution >= 4 is 5.69 Å². The minimum Gasteiger partial charge on any atom is -0.495 e. The summed E-state index contributed by atoms with van der Waals surface area (Å²) in [6.07, 6.45) is 2.30. The van der Waals surface area contributed by atoms with Gasteiger partial charge in [-0.2, -0.15) is 0 Å². The van der Waals surface area contributed by atoms with Crippen LogP contribution in [0.25, 0.3) is 0 Å². The van der Waals surface area contributed by atoms with Crippen LogP contribution in [0.2, 0.25) is 0 Å². The van der Waals surface area contributed by atoms with Crippen molar-refractivity contribution in [2.75, 3.05) is 25.6 Å². The smallest absolute Gasteiger partial charge is 0.142 e. The molecule has 1 aliphatic rings. The lowest BCUT2D eigenvalue weighted by molar-refractivity contribution is 0.270. The summed E-state index contributed by atoms with van der Waals surface area (Å²) in [7, 11) is 3.83. The molecule has 0 aliphatic heterocycles. The van der Waals surface area contributed by atoms with Crippen LogP contribution in [0.15, 0.2) is 24.3 Å². The average molecular weight is 220 g/mol. The van der Waals surface area contributed by atoms with Crippen molar-refractivity contribution in [1.29, 1.82) is 0 Å². The van der Waals surface area contributed by atoms with Crippen molar-refractivity contribution in [3.63, 3.8) is 0 Å². The van der Waals surface area contributed by atoms with Crippen molar-refractivity contribution in [2.45, 2.75) is 18.9 Å². The molecule has 2 rings (SSSR count). The van der Waals surface area contributed by atoms with Crippen LogP contribution in [0.5, 0.6) is 5.75 Å². The summed E-state index contributed by atoms with van der Waals surface area (Å²) in [5.74, 6) is 1.68. The SMILES string of the molecule is COc1ccccc1N(C)CC1CC(N)C1. The molecule has 88 valence electrons. The Morgan fingerprint density at radius 2 is 2.06 bits per heavy atom. The Kier molecular flexibility index (Phi) is 3.34. The number of nitrogens with two attached hydrogens (primary N) is 1. The van der Waals surface area contributed by atoms with Crippen molar-refractivity contribution < 1.29 is 4.74 Å². The van der Waals surface area contributed by atoms with Crippen LogP contribution in [-0.2, 0) is 0 Å². The number of para-hydroxylation sites is 2. The number of hydrogen-bond acceptors (Lipinski definition) is 3. The summed E-state index contributed by atoms with van der Waals surface area (Å²) >= 11 is 0. The van der Waals surface area contributed by atoms with E-state index in [-0.39, 0.29) is 0 Å². The first-order valence-electron chi connectivity index (χ1n) is 5.80. The fraction of sp³-hybridized carbons (Fsp3) is 0.538. The topological polar surface area (TPSA) is 38.5 Å². The van der Waals surface area contributed by atoms with Gasteiger partial charge in [0, 0.05) is 19.6 Å². The molecule has 0 unspecified atom stereocenters. The number of rotatable bonds is 4. The van der Waals surface area contributed by atoms with Gasteiger partial charge in [-0.15, -0.1) is 0 Å². The van der Waals surface area contributed by atoms with Gasteiger partial charge in [-0.05, 0) is 30.9 Å². The minimum absolute atomic E-state index is 0.427. The zero-order valence-electron chi connectivity index (χ0n) is 10.0. The summed E-state index contributed by atoms with van der Waals surface area (Å²) in [4.78, 5) is 2.26. The molecule has 0 heterocycles. The lowest BCUT2D eigenvalue weighted by Gasteiger charge is -2.36. The third-order valence-electron chi connectivity index (χ3n) is 3.30. The number of methoxy groups -OCH3 is 1. The molecule has 1 aliphatic carbocycles. The van der Waals surface area contributed by atoms with Gasteiger partial charge in [0.15, 0.2) is 0 Å². The molecular formula is C13H20N2O. The Morgan fingerprint density at radius 3 is 2.69 bits per heavy atom. The quantitative estimate of drug-likeness (QED) is 0.842. The monoisotopic (exact) mass is 220 g/mol. The van der Waals surface area contributed by atoms with Crippen LogP contribution in [0.3, 0.4) is 0 Å². The van der Waals surface area contributed by atoms with Crippen molar-refractivity contribution in [2.24, 2.45) is 11.7 Å². The zero-order valence-corrected chi connectivity index (χ0v) is 10.0. The number of hydrogen-bond donors (Lipinski definition) is 1. The summed E-state index contributed by atoms with van der Waals surface area (Å²) in [6.45, 7) is 1.06. The molecule has 0 saturated heterocycles. The van der Waals surface area contributed by atoms with Gasteiger partial charge in [0.05, 0.1) is 12.8 Å². The molecule has 0 bridgehead atoms. The summed E-state index contributed by atoms with van der Waals surface area (Å²) in [5, 5.41) is 0. The Morgan fingerprint density at radius 1 is 1.38 bits per heavy atom. The summed E-state index contributed by atoms with van der Waals surface area (Å²) < 4.78 is 5.35. The second kappa shape index (κ2) is 4.74. The van der Waals surface area contributed by atoms with Crippen molar-refractivity contribution in [3.8, 4) is 5.75 Å². The number of anilines is 1. The van der Waals surface area contributed by atoms with E-state index in [2.05, 4.69) is 18.0 Å². The zero-order chi connectivity index (χ0) is 11.5. The first-order valence-corrected chi connectivity index (χ1v) is 5.80. The van der Waals surface area contributed by atoms with Crippen LogP contribution in [0.1, 0.15) is 12.8 Å². The normalized spacial score (nSPS) is 23.7. The maximum absolute atomic E-state index is 5.80. The van der Waals surface area contributed by atoms with Crippen LogP contribution in [-0.4, -0.2) is 26.7 Å². The Hall–Kier alpha value is -1.22. The molecule has 16 heavy (non-hydrogen) atoms. The fourth-order valence-corrected chi connectivity index (χ4v) is 2.37. The maximum Gasteiger partial charge on any atom is 0.142 e. The van der Waals surface area contributed by atoms with E-state index >= 15 is 0 Å². The first kappa shape index (κ1) is 11.3. The van der Waals surface area contributed by atoms with E-state index in [0.29, 0.717) is 6.04 Å². The molecule has 3 heteroatoms. The molecule has 0 spiro atoms. The third-order valence-corrected chi connectivity index (χ3v) is 3.30. The second-order valence-electron chi connectivity index (χ2n) is 4.65. The van der Waals surface area contributed by atoms with Crippen LogP contribution >= 0.6 is 0 Å². The lowest BCUT2D eigenvalue weighted by Crippen LogP contribution is -2.41. The van der Waals surface area contributed by atoms with Gasteiger partial charge in [0.2, 0.25) is 0 Å². The van der Waals surface area contributed by atoms with Gasteiger partial charge >= 0.3 is 0 Å². The molecule has 1 aromatic carbocycles. The van der Waals surface area contributed by atoms with Gasteiger partial charge < -0.3 is 15.4 Å². The van der Waals surface area contributed by atoms with E-state index in [1.54, 1.807) is 7.11 Å². The molecule has 2 N–H and O–H groups in total. The molecule has 1 fully saturated rings. The highest BCUT2D eigenvalue weighted by atomic mass is 16.5. The van der Waals surface area contributed by atoms with Crippen molar-refractivity contribution in [1.82, 2.24) is 0 Å². The summed E-state index contributed by atoms with van der Waals surface area (Å²) in [6, 6.07) is 8.56. The predicted octanol–water partition coefficient (Wildman–Crippen LogP) is 1.87. The molecule has 0 radical (unpaired) electrons. The Bertz CT molecular complexity index is 348. The fourth-order valence-electron chi connectivity index (χ4n) is 2.37. The molecular weight excluding hydrogens is 200 g/mol. The Balaban J connectivity index is 1.99. The second-order valence-corrected chi connectivity index (χ2v) is 4.65. The van der Waals surface area contributed by atoms with Crippen LogP contribution in [0.4, 0.5) is 5.69 Å². The van der Waals surface area contributed by atoms with E-state index in [9.17, 15) is 0 Å². The van der Waals surface area contributed by atoms with Gasteiger partial charge in [-0.25, -0.2) is 0 Å². The minimum atomic E-state index is 0.427. The summed E-state index contributed by atoms with van der Waals surface area (Å²) in [5.41, 5.74) is 6.95. The first-order chi connectivity index (χ1) is 7.70. The van der Waals surface area contributed by atoms with E-state index < -0.39 is 0 Å². The Labute approximate surface area is 97.2 Å². The standard InChI is InChI=1S/C13H20N2O/c1-15(9-10-7-11(14)8-10)12-5-3-4-6-13(12)16-2/h3-6,10-11H,7-9,14H2,1-2H3. The third kappa shape index (κ3) is 2.30. The highest BCUT2D eigenvalue weighted by Crippen LogP contribution is 2.31. The number of nitrogens with zero attached hydrogens (tertiary/aromatic N) is 1. The van der Waals surface area contributed by atoms with Crippen LogP contribution in [0, 0.1) is 5.92 Å². The number of benzene rings is 1. The van der Waals surface area contributed by atoms with E-state index in [1.165, 1.54) is 0 Å². The van der Waals surface area contributed by atoms with E-state index in [4.69, 9.17) is 10.5 Å². The van der Waals surface area contributed by atoms with Gasteiger partial charge in [0.1, 0.15) is 5.75 Å². The lowest BCUT2D eigenvalue weighted by atomic mass is 9.80. The largest absolute Gasteiger partial charge is 0.495 e. The van der Waals surface area contributed by atoms with Crippen LogP contribution < -0.4 is 15.4 Å². The highest BCUT2D eigenvalue weighted by Gasteiger charge is 2.27. The molecule has 1 saturated carbocycles. The van der Waals surface area contributed by atoms with E-state index in [1.807, 2.05) is 18.2 Å². The van der Waals surface area contributed by atoms with Gasteiger partial charge in [0.25, 0.3) is 0 Å². The predicted molar refractivity (Wildman–Crippen MR) is 67.0 cm³/mol.